The molecule has 90 valence electrons. The van der Waals surface area contributed by atoms with Gasteiger partial charge < -0.3 is 10.2 Å². The summed E-state index contributed by atoms with van der Waals surface area (Å²) in [6.07, 6.45) is 0. The third-order valence-corrected chi connectivity index (χ3v) is 4.91. The predicted octanol–water partition coefficient (Wildman–Crippen LogP) is 3.90. The van der Waals surface area contributed by atoms with Gasteiger partial charge in [0.15, 0.2) is 0 Å². The lowest BCUT2D eigenvalue weighted by atomic mass is 10.0. The lowest BCUT2D eigenvalue weighted by molar-refractivity contribution is 0.428. The summed E-state index contributed by atoms with van der Waals surface area (Å²) in [6, 6.07) is 8.83. The van der Waals surface area contributed by atoms with Crippen LogP contribution in [0.4, 0.5) is 5.69 Å². The summed E-state index contributed by atoms with van der Waals surface area (Å²) < 4.78 is 6.12. The van der Waals surface area contributed by atoms with Crippen molar-refractivity contribution in [1.82, 2.24) is 0 Å². The van der Waals surface area contributed by atoms with Gasteiger partial charge in [-0.1, -0.05) is 26.8 Å². The second kappa shape index (κ2) is 4.50. The van der Waals surface area contributed by atoms with Crippen LogP contribution in [0.15, 0.2) is 24.3 Å². The highest BCUT2D eigenvalue weighted by Gasteiger charge is 2.30. The summed E-state index contributed by atoms with van der Waals surface area (Å²) in [7, 11) is -1.66. The van der Waals surface area contributed by atoms with E-state index < -0.39 is 8.32 Å². The second-order valence-corrected chi connectivity index (χ2v) is 10.2. The van der Waals surface area contributed by atoms with Crippen LogP contribution in [0.5, 0.6) is 5.75 Å². The molecule has 2 N–H and O–H groups in total. The molecule has 0 spiro atoms. The Kier molecular flexibility index (Phi) is 3.68. The molecular formula is C13H23NOSi. The molecule has 3 heteroatoms. The molecule has 0 unspecified atom stereocenters. The maximum atomic E-state index is 6.12. The number of anilines is 1. The average molecular weight is 237 g/mol. The molecule has 1 rings (SSSR count). The molecule has 1 aromatic carbocycles. The first kappa shape index (κ1) is 13.1. The van der Waals surface area contributed by atoms with Crippen LogP contribution in [-0.2, 0) is 0 Å². The Morgan fingerprint density at radius 3 is 2.38 bits per heavy atom. The minimum atomic E-state index is -1.66. The van der Waals surface area contributed by atoms with E-state index in [2.05, 4.69) is 33.9 Å². The van der Waals surface area contributed by atoms with Crippen LogP contribution in [0.3, 0.4) is 0 Å². The van der Waals surface area contributed by atoms with E-state index >= 15 is 0 Å². The molecule has 0 radical (unpaired) electrons. The minimum absolute atomic E-state index is 0.316. The number of nitrogen functional groups attached to an aromatic ring is 1. The van der Waals surface area contributed by atoms with E-state index in [1.54, 1.807) is 0 Å². The predicted molar refractivity (Wildman–Crippen MR) is 73.2 cm³/mol. The largest absolute Gasteiger partial charge is 0.544 e. The molecule has 0 aliphatic heterocycles. The molecular weight excluding hydrogens is 214 g/mol. The van der Waals surface area contributed by atoms with Crippen molar-refractivity contribution in [1.29, 1.82) is 0 Å². The highest BCUT2D eigenvalue weighted by Crippen LogP contribution is 2.30. The second-order valence-electron chi connectivity index (χ2n) is 6.17. The molecule has 0 atom stereocenters. The molecule has 0 saturated heterocycles. The lowest BCUT2D eigenvalue weighted by Crippen LogP contribution is -2.38. The van der Waals surface area contributed by atoms with E-state index in [1.807, 2.05) is 24.3 Å². The van der Waals surface area contributed by atoms with Gasteiger partial charge in [0.25, 0.3) is 0 Å². The maximum absolute atomic E-state index is 6.12. The van der Waals surface area contributed by atoms with Crippen molar-refractivity contribution >= 4 is 14.0 Å². The van der Waals surface area contributed by atoms with Crippen LogP contribution < -0.4 is 10.2 Å². The molecule has 1 aromatic rings. The fourth-order valence-electron chi connectivity index (χ4n) is 2.21. The van der Waals surface area contributed by atoms with Crippen molar-refractivity contribution in [2.24, 2.45) is 5.41 Å². The van der Waals surface area contributed by atoms with Crippen LogP contribution >= 0.6 is 0 Å². The smallest absolute Gasteiger partial charge is 0.245 e. The Bertz CT molecular complexity index is 355. The minimum Gasteiger partial charge on any atom is -0.544 e. The third-order valence-electron chi connectivity index (χ3n) is 2.21. The average Bonchev–Trinajstić information content (AvgIpc) is 1.96. The van der Waals surface area contributed by atoms with Gasteiger partial charge in [-0.2, -0.15) is 0 Å². The van der Waals surface area contributed by atoms with Crippen molar-refractivity contribution in [3.8, 4) is 5.75 Å². The van der Waals surface area contributed by atoms with Crippen molar-refractivity contribution in [3.05, 3.63) is 24.3 Å². The number of rotatable bonds is 3. The van der Waals surface area contributed by atoms with Gasteiger partial charge in [0.1, 0.15) is 5.75 Å². The molecule has 0 heterocycles. The standard InChI is InChI=1S/C13H23NOSi/c1-13(2,3)10-16(4,5)15-12-8-6-7-11(14)9-12/h6-9H,10,14H2,1-5H3. The Balaban J connectivity index is 2.72. The summed E-state index contributed by atoms with van der Waals surface area (Å²) in [5.41, 5.74) is 6.82. The maximum Gasteiger partial charge on any atom is 0.245 e. The van der Waals surface area contributed by atoms with Crippen molar-refractivity contribution < 1.29 is 4.43 Å². The van der Waals surface area contributed by atoms with Crippen LogP contribution in [0, 0.1) is 5.41 Å². The van der Waals surface area contributed by atoms with E-state index in [9.17, 15) is 0 Å². The van der Waals surface area contributed by atoms with Gasteiger partial charge in [0.05, 0.1) is 0 Å². The number of benzene rings is 1. The first-order chi connectivity index (χ1) is 7.18. The fraction of sp³-hybridized carbons (Fsp3) is 0.538. The molecule has 0 aliphatic rings. The molecule has 0 saturated carbocycles. The number of hydrogen-bond donors (Lipinski definition) is 1. The molecule has 0 bridgehead atoms. The van der Waals surface area contributed by atoms with Gasteiger partial charge in [-0.25, -0.2) is 0 Å². The molecule has 16 heavy (non-hydrogen) atoms. The Morgan fingerprint density at radius 2 is 1.88 bits per heavy atom. The van der Waals surface area contributed by atoms with E-state index in [-0.39, 0.29) is 0 Å². The zero-order chi connectivity index (χ0) is 12.4. The van der Waals surface area contributed by atoms with Gasteiger partial charge in [0, 0.05) is 11.8 Å². The lowest BCUT2D eigenvalue weighted by Gasteiger charge is -2.31. The summed E-state index contributed by atoms with van der Waals surface area (Å²) in [5.74, 6) is 0.904. The molecule has 0 aliphatic carbocycles. The first-order valence-corrected chi connectivity index (χ1v) is 8.84. The highest BCUT2D eigenvalue weighted by atomic mass is 28.4. The van der Waals surface area contributed by atoms with Crippen LogP contribution in [0.1, 0.15) is 20.8 Å². The molecule has 0 amide bonds. The topological polar surface area (TPSA) is 35.2 Å². The van der Waals surface area contributed by atoms with Crippen LogP contribution in [-0.4, -0.2) is 8.32 Å². The van der Waals surface area contributed by atoms with Crippen LogP contribution in [0.2, 0.25) is 19.1 Å². The van der Waals surface area contributed by atoms with Gasteiger partial charge in [-0.3, -0.25) is 0 Å². The summed E-state index contributed by atoms with van der Waals surface area (Å²) in [5, 5.41) is 0. The van der Waals surface area contributed by atoms with Crippen molar-refractivity contribution in [3.63, 3.8) is 0 Å². The van der Waals surface area contributed by atoms with Gasteiger partial charge in [-0.15, -0.1) is 0 Å². The van der Waals surface area contributed by atoms with E-state index in [0.29, 0.717) is 5.41 Å². The first-order valence-electron chi connectivity index (χ1n) is 5.73. The SMILES string of the molecule is CC(C)(C)C[Si](C)(C)Oc1cccc(N)c1. The Labute approximate surface area is 99.9 Å². The molecule has 0 fully saturated rings. The Hall–Kier alpha value is -0.963. The summed E-state index contributed by atoms with van der Waals surface area (Å²) in [4.78, 5) is 0. The monoisotopic (exact) mass is 237 g/mol. The van der Waals surface area contributed by atoms with Crippen molar-refractivity contribution in [2.45, 2.75) is 39.9 Å². The normalized spacial score (nSPS) is 12.6. The quantitative estimate of drug-likeness (QED) is 0.639. The van der Waals surface area contributed by atoms with Gasteiger partial charge in [0.2, 0.25) is 8.32 Å². The fourth-order valence-corrected chi connectivity index (χ4v) is 5.60. The summed E-state index contributed by atoms with van der Waals surface area (Å²) >= 11 is 0. The number of hydrogen-bond acceptors (Lipinski definition) is 2. The third kappa shape index (κ3) is 4.70. The van der Waals surface area contributed by atoms with E-state index in [1.165, 1.54) is 0 Å². The highest BCUT2D eigenvalue weighted by molar-refractivity contribution is 6.72. The van der Waals surface area contributed by atoms with Crippen LogP contribution in [0.25, 0.3) is 0 Å². The van der Waals surface area contributed by atoms with E-state index in [0.717, 1.165) is 17.5 Å². The van der Waals surface area contributed by atoms with Gasteiger partial charge >= 0.3 is 0 Å². The number of nitrogens with two attached hydrogens (primary N) is 1. The zero-order valence-corrected chi connectivity index (χ0v) is 12.0. The van der Waals surface area contributed by atoms with Crippen molar-refractivity contribution in [2.75, 3.05) is 5.73 Å². The summed E-state index contributed by atoms with van der Waals surface area (Å²) in [6.45, 7) is 11.3. The van der Waals surface area contributed by atoms with E-state index in [4.69, 9.17) is 10.2 Å². The molecule has 2 nitrogen and oxygen atoms in total. The Morgan fingerprint density at radius 1 is 1.25 bits per heavy atom. The zero-order valence-electron chi connectivity index (χ0n) is 11.0. The van der Waals surface area contributed by atoms with Gasteiger partial charge in [-0.05, 0) is 36.7 Å². The molecule has 0 aromatic heterocycles.